The highest BCUT2D eigenvalue weighted by Gasteiger charge is 2.11. The molecule has 0 radical (unpaired) electrons. The number of nitrogens with zero attached hydrogens (tertiary/aromatic N) is 1. The zero-order valence-corrected chi connectivity index (χ0v) is 7.79. The normalized spacial score (nSPS) is 14.2. The van der Waals surface area contributed by atoms with E-state index in [1.54, 1.807) is 6.92 Å². The molecule has 0 amide bonds. The third-order valence-electron chi connectivity index (χ3n) is 1.58. The van der Waals surface area contributed by atoms with E-state index in [2.05, 4.69) is 4.99 Å². The van der Waals surface area contributed by atoms with E-state index < -0.39 is 18.5 Å². The Hall–Kier alpha value is -0.970. The van der Waals surface area contributed by atoms with Crippen LogP contribution in [0.15, 0.2) is 4.99 Å². The van der Waals surface area contributed by atoms with Gasteiger partial charge >= 0.3 is 0 Å². The van der Waals surface area contributed by atoms with Gasteiger partial charge in [0.2, 0.25) is 0 Å². The quantitative estimate of drug-likeness (QED) is 0.351. The van der Waals surface area contributed by atoms with Gasteiger partial charge in [-0.1, -0.05) is 0 Å². The maximum absolute atomic E-state index is 11.8. The standard InChI is InChI=1S/C8H16FN3O/c1-6(10)12-4-2-3-7(11)8(13)5-9/h7H,2-5,11H2,1H3,(H2,10,12)/t7-/m0/s1. The first-order valence-corrected chi connectivity index (χ1v) is 4.18. The average Bonchev–Trinajstić information content (AvgIpc) is 2.10. The van der Waals surface area contributed by atoms with Crippen LogP contribution in [0.1, 0.15) is 19.8 Å². The molecule has 0 heterocycles. The SMILES string of the molecule is CC(N)=NCCC[C@H](N)C(=O)CF. The van der Waals surface area contributed by atoms with Gasteiger partial charge in [-0.2, -0.15) is 0 Å². The number of rotatable bonds is 6. The van der Waals surface area contributed by atoms with Crippen LogP contribution in [-0.4, -0.2) is 30.9 Å². The Kier molecular flexibility index (Phi) is 6.05. The van der Waals surface area contributed by atoms with Crippen molar-refractivity contribution in [2.75, 3.05) is 13.2 Å². The molecule has 0 unspecified atom stereocenters. The van der Waals surface area contributed by atoms with E-state index in [-0.39, 0.29) is 0 Å². The van der Waals surface area contributed by atoms with Crippen molar-refractivity contribution in [2.24, 2.45) is 16.5 Å². The lowest BCUT2D eigenvalue weighted by Gasteiger charge is -2.06. The van der Waals surface area contributed by atoms with E-state index in [9.17, 15) is 9.18 Å². The monoisotopic (exact) mass is 189 g/mol. The van der Waals surface area contributed by atoms with Crippen molar-refractivity contribution < 1.29 is 9.18 Å². The van der Waals surface area contributed by atoms with Crippen LogP contribution < -0.4 is 11.5 Å². The Balaban J connectivity index is 3.53. The zero-order valence-electron chi connectivity index (χ0n) is 7.79. The molecule has 0 aromatic heterocycles. The van der Waals surface area contributed by atoms with Crippen LogP contribution in [0.2, 0.25) is 0 Å². The number of carbonyl (C=O) groups excluding carboxylic acids is 1. The molecule has 4 N–H and O–H groups in total. The number of Topliss-reactive ketones (excluding diaryl/α,β-unsaturated/α-hetero) is 1. The number of carbonyl (C=O) groups is 1. The predicted octanol–water partition coefficient (Wildman–Crippen LogP) is 0.00960. The topological polar surface area (TPSA) is 81.5 Å². The number of nitrogens with two attached hydrogens (primary N) is 2. The first-order valence-electron chi connectivity index (χ1n) is 4.18. The second kappa shape index (κ2) is 6.54. The van der Waals surface area contributed by atoms with Crippen molar-refractivity contribution >= 4 is 11.6 Å². The van der Waals surface area contributed by atoms with Crippen molar-refractivity contribution in [1.29, 1.82) is 0 Å². The Morgan fingerprint density at radius 1 is 1.62 bits per heavy atom. The Morgan fingerprint density at radius 2 is 2.23 bits per heavy atom. The fourth-order valence-electron chi connectivity index (χ4n) is 0.827. The fraction of sp³-hybridized carbons (Fsp3) is 0.750. The maximum atomic E-state index is 11.8. The van der Waals surface area contributed by atoms with Gasteiger partial charge in [-0.15, -0.1) is 0 Å². The van der Waals surface area contributed by atoms with Crippen LogP contribution in [0.4, 0.5) is 4.39 Å². The first kappa shape index (κ1) is 12.0. The van der Waals surface area contributed by atoms with E-state index >= 15 is 0 Å². The highest BCUT2D eigenvalue weighted by molar-refractivity contribution is 5.84. The van der Waals surface area contributed by atoms with E-state index in [0.717, 1.165) is 0 Å². The maximum Gasteiger partial charge on any atom is 0.180 e. The van der Waals surface area contributed by atoms with Crippen molar-refractivity contribution in [3.63, 3.8) is 0 Å². The highest BCUT2D eigenvalue weighted by Crippen LogP contribution is 1.96. The molecule has 0 saturated heterocycles. The molecule has 0 aliphatic rings. The van der Waals surface area contributed by atoms with Gasteiger partial charge in [0.25, 0.3) is 0 Å². The summed E-state index contributed by atoms with van der Waals surface area (Å²) in [7, 11) is 0. The van der Waals surface area contributed by atoms with Gasteiger partial charge in [0, 0.05) is 6.54 Å². The third-order valence-corrected chi connectivity index (χ3v) is 1.58. The number of hydrogen-bond donors (Lipinski definition) is 2. The molecule has 4 nitrogen and oxygen atoms in total. The van der Waals surface area contributed by atoms with Crippen molar-refractivity contribution in [1.82, 2.24) is 0 Å². The lowest BCUT2D eigenvalue weighted by Crippen LogP contribution is -2.31. The van der Waals surface area contributed by atoms with Gasteiger partial charge < -0.3 is 11.5 Å². The molecular weight excluding hydrogens is 173 g/mol. The van der Waals surface area contributed by atoms with Gasteiger partial charge in [-0.3, -0.25) is 9.79 Å². The molecule has 0 spiro atoms. The Labute approximate surface area is 77.2 Å². The van der Waals surface area contributed by atoms with E-state index in [4.69, 9.17) is 11.5 Å². The van der Waals surface area contributed by atoms with Crippen molar-refractivity contribution in [2.45, 2.75) is 25.8 Å². The first-order chi connectivity index (χ1) is 6.07. The molecule has 0 bridgehead atoms. The molecule has 13 heavy (non-hydrogen) atoms. The highest BCUT2D eigenvalue weighted by atomic mass is 19.1. The Morgan fingerprint density at radius 3 is 2.69 bits per heavy atom. The predicted molar refractivity (Wildman–Crippen MR) is 50.4 cm³/mol. The summed E-state index contributed by atoms with van der Waals surface area (Å²) < 4.78 is 11.8. The van der Waals surface area contributed by atoms with Crippen LogP contribution in [0, 0.1) is 0 Å². The van der Waals surface area contributed by atoms with E-state index in [0.29, 0.717) is 25.2 Å². The molecule has 0 fully saturated rings. The van der Waals surface area contributed by atoms with Gasteiger partial charge in [0.15, 0.2) is 5.78 Å². The minimum Gasteiger partial charge on any atom is -0.388 e. The second-order valence-corrected chi connectivity index (χ2v) is 2.87. The summed E-state index contributed by atoms with van der Waals surface area (Å²) in [5, 5.41) is 0. The second-order valence-electron chi connectivity index (χ2n) is 2.87. The lowest BCUT2D eigenvalue weighted by atomic mass is 10.1. The third kappa shape index (κ3) is 6.21. The smallest absolute Gasteiger partial charge is 0.180 e. The number of hydrogen-bond acceptors (Lipinski definition) is 3. The number of alkyl halides is 1. The summed E-state index contributed by atoms with van der Waals surface area (Å²) in [6.07, 6.45) is 1.11. The van der Waals surface area contributed by atoms with E-state index in [1.165, 1.54) is 0 Å². The van der Waals surface area contributed by atoms with E-state index in [1.807, 2.05) is 0 Å². The number of ketones is 1. The molecule has 0 rings (SSSR count). The largest absolute Gasteiger partial charge is 0.388 e. The van der Waals surface area contributed by atoms with Crippen LogP contribution in [0.5, 0.6) is 0 Å². The van der Waals surface area contributed by atoms with Crippen molar-refractivity contribution in [3.8, 4) is 0 Å². The Bertz CT molecular complexity index is 190. The molecule has 5 heteroatoms. The summed E-state index contributed by atoms with van der Waals surface area (Å²) in [4.78, 5) is 14.6. The van der Waals surface area contributed by atoms with Gasteiger partial charge in [-0.25, -0.2) is 4.39 Å². The van der Waals surface area contributed by atoms with Gasteiger partial charge in [0.1, 0.15) is 6.67 Å². The number of aliphatic imine (C=N–C) groups is 1. The van der Waals surface area contributed by atoms with Crippen LogP contribution in [-0.2, 0) is 4.79 Å². The molecule has 76 valence electrons. The molecular formula is C8H16FN3O. The average molecular weight is 189 g/mol. The van der Waals surface area contributed by atoms with Gasteiger partial charge in [-0.05, 0) is 19.8 Å². The molecule has 0 aliphatic heterocycles. The summed E-state index contributed by atoms with van der Waals surface area (Å²) in [5.41, 5.74) is 10.7. The summed E-state index contributed by atoms with van der Waals surface area (Å²) in [6.45, 7) is 1.24. The summed E-state index contributed by atoms with van der Waals surface area (Å²) in [6, 6.07) is -0.696. The zero-order chi connectivity index (χ0) is 10.3. The fourth-order valence-corrected chi connectivity index (χ4v) is 0.827. The minimum absolute atomic E-state index is 0.458. The molecule has 0 saturated carbocycles. The summed E-state index contributed by atoms with van der Waals surface area (Å²) in [5.74, 6) is -0.0427. The number of halogens is 1. The lowest BCUT2D eigenvalue weighted by molar-refractivity contribution is -0.121. The van der Waals surface area contributed by atoms with Crippen LogP contribution in [0.3, 0.4) is 0 Å². The molecule has 0 aromatic rings. The number of amidine groups is 1. The molecule has 0 aliphatic carbocycles. The van der Waals surface area contributed by atoms with Gasteiger partial charge in [0.05, 0.1) is 11.9 Å². The molecule has 0 aromatic carbocycles. The van der Waals surface area contributed by atoms with Crippen molar-refractivity contribution in [3.05, 3.63) is 0 Å². The van der Waals surface area contributed by atoms with Crippen LogP contribution >= 0.6 is 0 Å². The minimum atomic E-state index is -0.986. The summed E-state index contributed by atoms with van der Waals surface area (Å²) >= 11 is 0. The molecule has 1 atom stereocenters. The van der Waals surface area contributed by atoms with Crippen LogP contribution in [0.25, 0.3) is 0 Å².